The third-order valence-electron chi connectivity index (χ3n) is 2.42. The molecule has 0 aromatic heterocycles. The lowest BCUT2D eigenvalue weighted by molar-refractivity contribution is -0.0871. The van der Waals surface area contributed by atoms with Gasteiger partial charge in [0.15, 0.2) is 0 Å². The van der Waals surface area contributed by atoms with Gasteiger partial charge >= 0.3 is 0 Å². The summed E-state index contributed by atoms with van der Waals surface area (Å²) in [6.45, 7) is 3.87. The molecule has 2 rings (SSSR count). The van der Waals surface area contributed by atoms with Crippen molar-refractivity contribution in [1.82, 2.24) is 4.90 Å². The summed E-state index contributed by atoms with van der Waals surface area (Å²) in [6.07, 6.45) is 0. The van der Waals surface area contributed by atoms with Crippen LogP contribution < -0.4 is 0 Å². The Bertz CT molecular complexity index is 330. The van der Waals surface area contributed by atoms with Gasteiger partial charge in [0.25, 0.3) is 0 Å². The van der Waals surface area contributed by atoms with Gasteiger partial charge in [-0.15, -0.1) is 0 Å². The Morgan fingerprint density at radius 2 is 2.21 bits per heavy atom. The van der Waals surface area contributed by atoms with Gasteiger partial charge in [0.1, 0.15) is 5.82 Å². The molecular weight excluding hydrogens is 181 g/mol. The second-order valence-electron chi connectivity index (χ2n) is 4.27. The molecule has 1 aromatic rings. The Morgan fingerprint density at radius 1 is 1.50 bits per heavy atom. The minimum Gasteiger partial charge on any atom is -0.388 e. The van der Waals surface area contributed by atoms with Crippen LogP contribution in [0.4, 0.5) is 4.39 Å². The van der Waals surface area contributed by atoms with E-state index < -0.39 is 5.60 Å². The zero-order valence-corrected chi connectivity index (χ0v) is 8.20. The molecule has 1 aliphatic rings. The van der Waals surface area contributed by atoms with Gasteiger partial charge in [-0.2, -0.15) is 0 Å². The number of hydrogen-bond acceptors (Lipinski definition) is 2. The Balaban J connectivity index is 1.93. The van der Waals surface area contributed by atoms with Gasteiger partial charge in [-0.25, -0.2) is 4.39 Å². The molecular formula is C11H14FNO. The number of nitrogens with zero attached hydrogens (tertiary/aromatic N) is 1. The molecule has 1 N–H and O–H groups in total. The lowest BCUT2D eigenvalue weighted by atomic mass is 9.96. The SMILES string of the molecule is CC1(O)CN(Cc2cccc(F)c2)C1. The van der Waals surface area contributed by atoms with Gasteiger partial charge in [-0.1, -0.05) is 12.1 Å². The number of aliphatic hydroxyl groups is 1. The van der Waals surface area contributed by atoms with Crippen molar-refractivity contribution in [2.75, 3.05) is 13.1 Å². The maximum Gasteiger partial charge on any atom is 0.123 e. The van der Waals surface area contributed by atoms with Crippen LogP contribution in [0.3, 0.4) is 0 Å². The summed E-state index contributed by atoms with van der Waals surface area (Å²) >= 11 is 0. The first-order valence-corrected chi connectivity index (χ1v) is 4.74. The second-order valence-corrected chi connectivity index (χ2v) is 4.27. The van der Waals surface area contributed by atoms with Crippen LogP contribution in [0.5, 0.6) is 0 Å². The molecule has 0 saturated carbocycles. The standard InChI is InChI=1S/C11H14FNO/c1-11(14)7-13(8-11)6-9-3-2-4-10(12)5-9/h2-5,14H,6-8H2,1H3. The van der Waals surface area contributed by atoms with Crippen LogP contribution in [-0.4, -0.2) is 28.7 Å². The smallest absolute Gasteiger partial charge is 0.123 e. The fourth-order valence-electron chi connectivity index (χ4n) is 1.92. The first kappa shape index (κ1) is 9.62. The molecule has 76 valence electrons. The van der Waals surface area contributed by atoms with Crippen molar-refractivity contribution in [2.45, 2.75) is 19.1 Å². The van der Waals surface area contributed by atoms with Gasteiger partial charge in [0.05, 0.1) is 5.60 Å². The average molecular weight is 195 g/mol. The normalized spacial score (nSPS) is 20.5. The first-order chi connectivity index (χ1) is 6.55. The molecule has 0 unspecified atom stereocenters. The molecule has 14 heavy (non-hydrogen) atoms. The fourth-order valence-corrected chi connectivity index (χ4v) is 1.92. The van der Waals surface area contributed by atoms with Crippen molar-refractivity contribution in [3.05, 3.63) is 35.6 Å². The van der Waals surface area contributed by atoms with Gasteiger partial charge in [-0.3, -0.25) is 4.90 Å². The zero-order valence-electron chi connectivity index (χ0n) is 8.20. The van der Waals surface area contributed by atoms with E-state index in [1.54, 1.807) is 6.07 Å². The van der Waals surface area contributed by atoms with E-state index in [1.165, 1.54) is 12.1 Å². The number of rotatable bonds is 2. The van der Waals surface area contributed by atoms with E-state index in [-0.39, 0.29) is 5.82 Å². The number of β-amino-alcohol motifs (C(OH)–C–C–N with tert-alkyl or cyclic N) is 1. The van der Waals surface area contributed by atoms with Crippen molar-refractivity contribution >= 4 is 0 Å². The molecule has 3 heteroatoms. The Kier molecular flexibility index (Phi) is 2.29. The Hall–Kier alpha value is -0.930. The van der Waals surface area contributed by atoms with Gasteiger partial charge in [0.2, 0.25) is 0 Å². The topological polar surface area (TPSA) is 23.5 Å². The van der Waals surface area contributed by atoms with E-state index in [4.69, 9.17) is 0 Å². The second kappa shape index (κ2) is 3.33. The third-order valence-corrected chi connectivity index (χ3v) is 2.42. The minimum atomic E-state index is -0.548. The molecule has 2 nitrogen and oxygen atoms in total. The molecule has 1 heterocycles. The summed E-state index contributed by atoms with van der Waals surface area (Å²) in [5.74, 6) is -0.199. The van der Waals surface area contributed by atoms with E-state index in [1.807, 2.05) is 13.0 Å². The van der Waals surface area contributed by atoms with Gasteiger partial charge in [0, 0.05) is 19.6 Å². The van der Waals surface area contributed by atoms with E-state index in [0.717, 1.165) is 5.56 Å². The van der Waals surface area contributed by atoms with Crippen molar-refractivity contribution in [2.24, 2.45) is 0 Å². The molecule has 0 spiro atoms. The van der Waals surface area contributed by atoms with Crippen LogP contribution in [0.1, 0.15) is 12.5 Å². The van der Waals surface area contributed by atoms with Crippen LogP contribution in [-0.2, 0) is 6.54 Å². The van der Waals surface area contributed by atoms with E-state index in [2.05, 4.69) is 4.90 Å². The van der Waals surface area contributed by atoms with Crippen LogP contribution >= 0.6 is 0 Å². The summed E-state index contributed by atoms with van der Waals surface area (Å²) < 4.78 is 12.8. The summed E-state index contributed by atoms with van der Waals surface area (Å²) in [7, 11) is 0. The summed E-state index contributed by atoms with van der Waals surface area (Å²) in [5, 5.41) is 9.50. The highest BCUT2D eigenvalue weighted by atomic mass is 19.1. The highest BCUT2D eigenvalue weighted by Crippen LogP contribution is 2.21. The van der Waals surface area contributed by atoms with Crippen molar-refractivity contribution in [3.8, 4) is 0 Å². The number of halogens is 1. The molecule has 0 radical (unpaired) electrons. The van der Waals surface area contributed by atoms with Gasteiger partial charge in [-0.05, 0) is 24.6 Å². The predicted octanol–water partition coefficient (Wildman–Crippen LogP) is 1.39. The minimum absolute atomic E-state index is 0.199. The molecule has 1 saturated heterocycles. The van der Waals surface area contributed by atoms with Crippen molar-refractivity contribution in [3.63, 3.8) is 0 Å². The molecule has 1 aliphatic heterocycles. The van der Waals surface area contributed by atoms with Crippen LogP contribution in [0.15, 0.2) is 24.3 Å². The fraction of sp³-hybridized carbons (Fsp3) is 0.455. The lowest BCUT2D eigenvalue weighted by Gasteiger charge is -2.44. The van der Waals surface area contributed by atoms with Gasteiger partial charge < -0.3 is 5.11 Å². The van der Waals surface area contributed by atoms with Crippen LogP contribution in [0.2, 0.25) is 0 Å². The highest BCUT2D eigenvalue weighted by molar-refractivity contribution is 5.16. The summed E-state index contributed by atoms with van der Waals surface area (Å²) in [5.41, 5.74) is 0.411. The number of likely N-dealkylation sites (tertiary alicyclic amines) is 1. The number of hydrogen-bond donors (Lipinski definition) is 1. The predicted molar refractivity (Wildman–Crippen MR) is 52.3 cm³/mol. The summed E-state index contributed by atoms with van der Waals surface area (Å²) in [6, 6.07) is 6.58. The highest BCUT2D eigenvalue weighted by Gasteiger charge is 2.35. The Labute approximate surface area is 83.0 Å². The maximum absolute atomic E-state index is 12.8. The quantitative estimate of drug-likeness (QED) is 0.771. The third kappa shape index (κ3) is 2.11. The average Bonchev–Trinajstić information content (AvgIpc) is 2.00. The van der Waals surface area contributed by atoms with Crippen LogP contribution in [0, 0.1) is 5.82 Å². The zero-order chi connectivity index (χ0) is 10.2. The molecule has 0 aliphatic carbocycles. The molecule has 1 aromatic carbocycles. The monoisotopic (exact) mass is 195 g/mol. The van der Waals surface area contributed by atoms with E-state index in [0.29, 0.717) is 19.6 Å². The van der Waals surface area contributed by atoms with Crippen molar-refractivity contribution in [1.29, 1.82) is 0 Å². The molecule has 0 bridgehead atoms. The van der Waals surface area contributed by atoms with Crippen molar-refractivity contribution < 1.29 is 9.50 Å². The first-order valence-electron chi connectivity index (χ1n) is 4.74. The maximum atomic E-state index is 12.8. The molecule has 0 amide bonds. The summed E-state index contributed by atoms with van der Waals surface area (Å²) in [4.78, 5) is 2.09. The largest absolute Gasteiger partial charge is 0.388 e. The lowest BCUT2D eigenvalue weighted by Crippen LogP contribution is -2.59. The number of benzene rings is 1. The Morgan fingerprint density at radius 3 is 2.79 bits per heavy atom. The molecule has 0 atom stereocenters. The van der Waals surface area contributed by atoms with Crippen LogP contribution in [0.25, 0.3) is 0 Å². The van der Waals surface area contributed by atoms with E-state index in [9.17, 15) is 9.50 Å². The molecule has 1 fully saturated rings. The van der Waals surface area contributed by atoms with E-state index >= 15 is 0 Å².